The van der Waals surface area contributed by atoms with Crippen molar-refractivity contribution in [3.8, 4) is 5.75 Å². The third kappa shape index (κ3) is 3.11. The number of ether oxygens (including phenoxy) is 2. The summed E-state index contributed by atoms with van der Waals surface area (Å²) >= 11 is 3.46. The summed E-state index contributed by atoms with van der Waals surface area (Å²) in [4.78, 5) is 11.6. The Morgan fingerprint density at radius 3 is 2.71 bits per heavy atom. The molecule has 21 heavy (non-hydrogen) atoms. The van der Waals surface area contributed by atoms with E-state index in [0.717, 1.165) is 27.4 Å². The minimum atomic E-state index is -0.398. The molecule has 0 bridgehead atoms. The Hall–Kier alpha value is -1.39. The van der Waals surface area contributed by atoms with E-state index in [2.05, 4.69) is 22.0 Å². The zero-order chi connectivity index (χ0) is 14.8. The second-order valence-corrected chi connectivity index (χ2v) is 6.19. The number of halogens is 1. The topological polar surface area (TPSA) is 35.5 Å². The van der Waals surface area contributed by atoms with E-state index >= 15 is 0 Å². The Morgan fingerprint density at radius 1 is 1.19 bits per heavy atom. The van der Waals surface area contributed by atoms with E-state index in [1.54, 1.807) is 0 Å². The van der Waals surface area contributed by atoms with Gasteiger partial charge in [-0.1, -0.05) is 35.0 Å². The molecule has 2 aromatic rings. The molecule has 1 saturated carbocycles. The van der Waals surface area contributed by atoms with Crippen LogP contribution in [0.3, 0.4) is 0 Å². The number of carbonyl (C=O) groups is 1. The van der Waals surface area contributed by atoms with Crippen molar-refractivity contribution in [3.63, 3.8) is 0 Å². The summed E-state index contributed by atoms with van der Waals surface area (Å²) in [6.07, 6.45) is 0.788. The lowest BCUT2D eigenvalue weighted by molar-refractivity contribution is -0.154. The lowest BCUT2D eigenvalue weighted by Crippen LogP contribution is -2.52. The summed E-state index contributed by atoms with van der Waals surface area (Å²) < 4.78 is 12.5. The lowest BCUT2D eigenvalue weighted by atomic mass is 9.90. The van der Waals surface area contributed by atoms with Crippen molar-refractivity contribution in [2.45, 2.75) is 32.0 Å². The molecule has 110 valence electrons. The third-order valence-electron chi connectivity index (χ3n) is 3.62. The Bertz CT molecular complexity index is 668. The molecule has 0 saturated heterocycles. The van der Waals surface area contributed by atoms with Crippen LogP contribution in [0.15, 0.2) is 40.9 Å². The fraction of sp³-hybridized carbons (Fsp3) is 0.353. The Morgan fingerprint density at radius 2 is 1.95 bits per heavy atom. The SMILES string of the molecule is CCCOC1C(=O)CC1Oc1ccc2cc(Br)ccc2c1. The smallest absolute Gasteiger partial charge is 0.169 e. The molecule has 1 aliphatic rings. The number of hydrogen-bond donors (Lipinski definition) is 0. The van der Waals surface area contributed by atoms with Crippen molar-refractivity contribution >= 4 is 32.5 Å². The van der Waals surface area contributed by atoms with Crippen LogP contribution in [0.2, 0.25) is 0 Å². The molecule has 0 amide bonds. The summed E-state index contributed by atoms with van der Waals surface area (Å²) in [5.41, 5.74) is 0. The van der Waals surface area contributed by atoms with Crippen molar-refractivity contribution in [2.24, 2.45) is 0 Å². The van der Waals surface area contributed by atoms with Gasteiger partial charge in [-0.3, -0.25) is 4.79 Å². The number of hydrogen-bond acceptors (Lipinski definition) is 3. The number of ketones is 1. The second-order valence-electron chi connectivity index (χ2n) is 5.27. The standard InChI is InChI=1S/C17H17BrO3/c1-2-7-20-17-15(19)10-16(17)21-14-6-4-11-8-13(18)5-3-12(11)9-14/h3-6,8-9,16-17H,2,7,10H2,1H3. The van der Waals surface area contributed by atoms with Gasteiger partial charge in [0.2, 0.25) is 0 Å². The molecule has 1 fully saturated rings. The molecule has 0 radical (unpaired) electrons. The number of rotatable bonds is 5. The van der Waals surface area contributed by atoms with E-state index in [1.807, 2.05) is 37.3 Å². The highest BCUT2D eigenvalue weighted by Crippen LogP contribution is 2.29. The number of carbonyl (C=O) groups excluding carboxylic acids is 1. The van der Waals surface area contributed by atoms with Crippen molar-refractivity contribution in [3.05, 3.63) is 40.9 Å². The van der Waals surface area contributed by atoms with Gasteiger partial charge >= 0.3 is 0 Å². The van der Waals surface area contributed by atoms with Crippen LogP contribution in [0.4, 0.5) is 0 Å². The monoisotopic (exact) mass is 348 g/mol. The van der Waals surface area contributed by atoms with Gasteiger partial charge in [0.1, 0.15) is 11.9 Å². The van der Waals surface area contributed by atoms with Gasteiger partial charge < -0.3 is 9.47 Å². The van der Waals surface area contributed by atoms with Crippen LogP contribution in [0.25, 0.3) is 10.8 Å². The zero-order valence-electron chi connectivity index (χ0n) is 11.8. The molecule has 0 aromatic heterocycles. The number of benzene rings is 2. The predicted molar refractivity (Wildman–Crippen MR) is 85.7 cm³/mol. The van der Waals surface area contributed by atoms with Crippen molar-refractivity contribution in [1.82, 2.24) is 0 Å². The van der Waals surface area contributed by atoms with E-state index < -0.39 is 6.10 Å². The molecule has 2 aromatic carbocycles. The summed E-state index contributed by atoms with van der Waals surface area (Å²) in [5.74, 6) is 0.922. The maximum absolute atomic E-state index is 11.6. The maximum atomic E-state index is 11.6. The zero-order valence-corrected chi connectivity index (χ0v) is 13.4. The molecule has 0 heterocycles. The van der Waals surface area contributed by atoms with Gasteiger partial charge in [-0.15, -0.1) is 0 Å². The number of fused-ring (bicyclic) bond motifs is 1. The van der Waals surface area contributed by atoms with Gasteiger partial charge in [0.15, 0.2) is 11.9 Å². The molecule has 3 nitrogen and oxygen atoms in total. The van der Waals surface area contributed by atoms with E-state index in [-0.39, 0.29) is 11.9 Å². The molecule has 0 N–H and O–H groups in total. The van der Waals surface area contributed by atoms with Gasteiger partial charge in [-0.2, -0.15) is 0 Å². The highest BCUT2D eigenvalue weighted by Gasteiger charge is 2.42. The van der Waals surface area contributed by atoms with Crippen LogP contribution in [-0.4, -0.2) is 24.6 Å². The first-order valence-electron chi connectivity index (χ1n) is 7.17. The van der Waals surface area contributed by atoms with Crippen LogP contribution in [0.5, 0.6) is 5.75 Å². The van der Waals surface area contributed by atoms with Gasteiger partial charge in [0.05, 0.1) is 0 Å². The molecule has 0 aliphatic heterocycles. The van der Waals surface area contributed by atoms with E-state index in [4.69, 9.17) is 9.47 Å². The molecule has 3 rings (SSSR count). The first-order chi connectivity index (χ1) is 10.2. The third-order valence-corrected chi connectivity index (χ3v) is 4.11. The molecule has 2 unspecified atom stereocenters. The summed E-state index contributed by atoms with van der Waals surface area (Å²) in [6.45, 7) is 2.63. The van der Waals surface area contributed by atoms with Crippen LogP contribution in [0.1, 0.15) is 19.8 Å². The number of Topliss-reactive ketones (excluding diaryl/α,β-unsaturated/α-hetero) is 1. The van der Waals surface area contributed by atoms with Crippen LogP contribution in [-0.2, 0) is 9.53 Å². The first kappa shape index (κ1) is 14.5. The maximum Gasteiger partial charge on any atom is 0.169 e. The van der Waals surface area contributed by atoms with Gasteiger partial charge in [0, 0.05) is 17.5 Å². The van der Waals surface area contributed by atoms with Crippen molar-refractivity contribution in [1.29, 1.82) is 0 Å². The minimum absolute atomic E-state index is 0.137. The molecular weight excluding hydrogens is 332 g/mol. The Labute approximate surface area is 132 Å². The summed E-state index contributed by atoms with van der Waals surface area (Å²) in [6, 6.07) is 12.1. The lowest BCUT2D eigenvalue weighted by Gasteiger charge is -2.34. The largest absolute Gasteiger partial charge is 0.487 e. The van der Waals surface area contributed by atoms with Gasteiger partial charge in [-0.05, 0) is 41.5 Å². The first-order valence-corrected chi connectivity index (χ1v) is 7.97. The molecule has 4 heteroatoms. The van der Waals surface area contributed by atoms with Crippen LogP contribution >= 0.6 is 15.9 Å². The summed E-state index contributed by atoms with van der Waals surface area (Å²) in [5, 5.41) is 2.27. The highest BCUT2D eigenvalue weighted by atomic mass is 79.9. The molecule has 2 atom stereocenters. The van der Waals surface area contributed by atoms with E-state index in [0.29, 0.717) is 13.0 Å². The van der Waals surface area contributed by atoms with Crippen LogP contribution < -0.4 is 4.74 Å². The molecular formula is C17H17BrO3. The molecule has 1 aliphatic carbocycles. The van der Waals surface area contributed by atoms with Gasteiger partial charge in [-0.25, -0.2) is 0 Å². The Kier molecular flexibility index (Phi) is 4.27. The quantitative estimate of drug-likeness (QED) is 0.815. The van der Waals surface area contributed by atoms with Gasteiger partial charge in [0.25, 0.3) is 0 Å². The fourth-order valence-electron chi connectivity index (χ4n) is 2.46. The molecule has 0 spiro atoms. The Balaban J connectivity index is 1.73. The highest BCUT2D eigenvalue weighted by molar-refractivity contribution is 9.10. The minimum Gasteiger partial charge on any atom is -0.487 e. The predicted octanol–water partition coefficient (Wildman–Crippen LogP) is 4.12. The average molecular weight is 349 g/mol. The average Bonchev–Trinajstić information content (AvgIpc) is 2.47. The summed E-state index contributed by atoms with van der Waals surface area (Å²) in [7, 11) is 0. The fourth-order valence-corrected chi connectivity index (χ4v) is 2.84. The van der Waals surface area contributed by atoms with E-state index in [1.165, 1.54) is 0 Å². The second kappa shape index (κ2) is 6.16. The van der Waals surface area contributed by atoms with Crippen LogP contribution in [0, 0.1) is 0 Å². The van der Waals surface area contributed by atoms with E-state index in [9.17, 15) is 4.79 Å². The van der Waals surface area contributed by atoms with Crippen molar-refractivity contribution < 1.29 is 14.3 Å². The normalized spacial score (nSPS) is 21.3. The van der Waals surface area contributed by atoms with Crippen molar-refractivity contribution in [2.75, 3.05) is 6.61 Å².